The third-order valence-electron chi connectivity index (χ3n) is 3.58. The largest absolute Gasteiger partial charge is 0.394 e. The summed E-state index contributed by atoms with van der Waals surface area (Å²) in [5, 5.41) is 47.5. The number of nitriles is 1. The van der Waals surface area contributed by atoms with E-state index in [1.54, 1.807) is 0 Å². The molecule has 1 aliphatic rings. The van der Waals surface area contributed by atoms with E-state index in [9.17, 15) is 20.9 Å². The summed E-state index contributed by atoms with van der Waals surface area (Å²) in [5.41, 5.74) is 9.89. The van der Waals surface area contributed by atoms with E-state index in [0.717, 1.165) is 0 Å². The zero-order chi connectivity index (χ0) is 16.3. The van der Waals surface area contributed by atoms with Crippen LogP contribution in [0.25, 0.3) is 5.53 Å². The van der Waals surface area contributed by atoms with E-state index in [-0.39, 0.29) is 5.71 Å². The Balaban J connectivity index is 2.33. The molecule has 0 saturated carbocycles. The molecule has 1 unspecified atom stereocenters. The van der Waals surface area contributed by atoms with Gasteiger partial charge < -0.3 is 30.7 Å². The molecule has 22 heavy (non-hydrogen) atoms. The summed E-state index contributed by atoms with van der Waals surface area (Å²) in [5.74, 6) is 0. The van der Waals surface area contributed by atoms with Gasteiger partial charge in [0.05, 0.1) is 23.8 Å². The fourth-order valence-electron chi connectivity index (χ4n) is 2.32. The second kappa shape index (κ2) is 6.77. The first kappa shape index (κ1) is 16.3. The minimum Gasteiger partial charge on any atom is -0.394 e. The smallest absolute Gasteiger partial charge is 0.330 e. The molecule has 5 atom stereocenters. The number of rotatable bonds is 3. The van der Waals surface area contributed by atoms with Crippen LogP contribution in [0.2, 0.25) is 0 Å². The van der Waals surface area contributed by atoms with Gasteiger partial charge in [-0.15, -0.1) is 0 Å². The molecule has 0 amide bonds. The van der Waals surface area contributed by atoms with Gasteiger partial charge in [-0.1, -0.05) is 0 Å². The van der Waals surface area contributed by atoms with Gasteiger partial charge >= 0.3 is 5.71 Å². The number of nitrogens with zero attached hydrogens (tertiary/aromatic N) is 3. The van der Waals surface area contributed by atoms with Crippen molar-refractivity contribution in [3.8, 4) is 6.07 Å². The molecular formula is C14H15N3O5. The lowest BCUT2D eigenvalue weighted by Crippen LogP contribution is -2.60. The molecule has 1 heterocycles. The molecule has 8 nitrogen and oxygen atoms in total. The van der Waals surface area contributed by atoms with Crippen molar-refractivity contribution >= 4 is 5.71 Å². The number of aliphatic hydroxyl groups is 4. The summed E-state index contributed by atoms with van der Waals surface area (Å²) in [7, 11) is 0. The molecule has 0 bridgehead atoms. The molecule has 0 radical (unpaired) electrons. The first-order valence-electron chi connectivity index (χ1n) is 6.56. The SMILES string of the molecule is N#Cc1ccc(C(=[N+]=[N-])C2O[C@H](CO)[C@@H](O)[C@H](O)[C@H]2O)cc1. The average Bonchev–Trinajstić information content (AvgIpc) is 2.56. The Labute approximate surface area is 126 Å². The van der Waals surface area contributed by atoms with E-state index in [2.05, 4.69) is 4.79 Å². The zero-order valence-electron chi connectivity index (χ0n) is 11.4. The highest BCUT2D eigenvalue weighted by Crippen LogP contribution is 2.23. The Morgan fingerprint density at radius 3 is 2.32 bits per heavy atom. The summed E-state index contributed by atoms with van der Waals surface area (Å²) >= 11 is 0. The van der Waals surface area contributed by atoms with Crippen LogP contribution in [0, 0.1) is 11.3 Å². The van der Waals surface area contributed by atoms with E-state index in [4.69, 9.17) is 15.1 Å². The molecule has 2 rings (SSSR count). The maximum atomic E-state index is 10.0. The topological polar surface area (TPSA) is 150 Å². The molecule has 1 saturated heterocycles. The molecule has 0 aromatic heterocycles. The van der Waals surface area contributed by atoms with E-state index in [0.29, 0.717) is 11.1 Å². The van der Waals surface area contributed by atoms with Crippen LogP contribution in [0.4, 0.5) is 0 Å². The second-order valence-corrected chi connectivity index (χ2v) is 4.92. The van der Waals surface area contributed by atoms with E-state index >= 15 is 0 Å². The monoisotopic (exact) mass is 305 g/mol. The average molecular weight is 305 g/mol. The molecule has 0 aliphatic carbocycles. The highest BCUT2D eigenvalue weighted by molar-refractivity contribution is 6.00. The minimum atomic E-state index is -1.56. The van der Waals surface area contributed by atoms with Crippen molar-refractivity contribution in [2.75, 3.05) is 6.61 Å². The number of benzene rings is 1. The Bertz CT molecular complexity index is 618. The summed E-state index contributed by atoms with van der Waals surface area (Å²) in [6.07, 6.45) is -6.94. The van der Waals surface area contributed by atoms with Crippen LogP contribution in [-0.4, -0.2) is 68.1 Å². The lowest BCUT2D eigenvalue weighted by Gasteiger charge is -2.38. The first-order chi connectivity index (χ1) is 10.5. The zero-order valence-corrected chi connectivity index (χ0v) is 11.4. The Morgan fingerprint density at radius 2 is 1.82 bits per heavy atom. The van der Waals surface area contributed by atoms with Gasteiger partial charge in [0.1, 0.15) is 24.4 Å². The van der Waals surface area contributed by atoms with Gasteiger partial charge in [0.25, 0.3) is 0 Å². The van der Waals surface area contributed by atoms with Crippen molar-refractivity contribution in [3.63, 3.8) is 0 Å². The van der Waals surface area contributed by atoms with Crippen LogP contribution in [0.15, 0.2) is 24.3 Å². The van der Waals surface area contributed by atoms with Gasteiger partial charge in [-0.25, -0.2) is 0 Å². The molecule has 0 spiro atoms. The number of hydrogen-bond donors (Lipinski definition) is 4. The summed E-state index contributed by atoms with van der Waals surface area (Å²) in [6, 6.07) is 7.91. The summed E-state index contributed by atoms with van der Waals surface area (Å²) in [6.45, 7) is -0.576. The van der Waals surface area contributed by atoms with Crippen LogP contribution >= 0.6 is 0 Å². The molecule has 8 heteroatoms. The van der Waals surface area contributed by atoms with Crippen molar-refractivity contribution in [1.82, 2.24) is 0 Å². The normalized spacial score (nSPS) is 31.1. The van der Waals surface area contributed by atoms with Gasteiger partial charge in [0.2, 0.25) is 0 Å². The summed E-state index contributed by atoms with van der Waals surface area (Å²) < 4.78 is 5.33. The molecule has 4 N–H and O–H groups in total. The van der Waals surface area contributed by atoms with Gasteiger partial charge in [0, 0.05) is 0 Å². The van der Waals surface area contributed by atoms with Crippen LogP contribution in [0.3, 0.4) is 0 Å². The molecular weight excluding hydrogens is 290 g/mol. The fraction of sp³-hybridized carbons (Fsp3) is 0.429. The fourth-order valence-corrected chi connectivity index (χ4v) is 2.32. The van der Waals surface area contributed by atoms with Gasteiger partial charge in [0.15, 0.2) is 6.10 Å². The van der Waals surface area contributed by atoms with Crippen LogP contribution in [0.5, 0.6) is 0 Å². The van der Waals surface area contributed by atoms with E-state index < -0.39 is 37.1 Å². The predicted molar refractivity (Wildman–Crippen MR) is 72.7 cm³/mol. The third kappa shape index (κ3) is 2.91. The third-order valence-corrected chi connectivity index (χ3v) is 3.58. The lowest BCUT2D eigenvalue weighted by atomic mass is 9.90. The molecule has 116 valence electrons. The van der Waals surface area contributed by atoms with E-state index in [1.807, 2.05) is 6.07 Å². The number of hydrogen-bond acceptors (Lipinski definition) is 6. The van der Waals surface area contributed by atoms with Crippen LogP contribution < -0.4 is 0 Å². The Kier molecular flexibility index (Phi) is 5.00. The highest BCUT2D eigenvalue weighted by atomic mass is 16.5. The molecule has 1 aromatic carbocycles. The van der Waals surface area contributed by atoms with Crippen molar-refractivity contribution < 1.29 is 30.0 Å². The van der Waals surface area contributed by atoms with Crippen molar-refractivity contribution in [2.45, 2.75) is 30.5 Å². The number of aliphatic hydroxyl groups excluding tert-OH is 4. The summed E-state index contributed by atoms with van der Waals surface area (Å²) in [4.78, 5) is 3.09. The maximum absolute atomic E-state index is 10.0. The lowest BCUT2D eigenvalue weighted by molar-refractivity contribution is -0.217. The van der Waals surface area contributed by atoms with Gasteiger partial charge in [-0.05, 0) is 24.3 Å². The Hall–Kier alpha value is -2.11. The van der Waals surface area contributed by atoms with Crippen molar-refractivity contribution in [3.05, 3.63) is 40.9 Å². The first-order valence-corrected chi connectivity index (χ1v) is 6.56. The van der Waals surface area contributed by atoms with Crippen LogP contribution in [0.1, 0.15) is 11.1 Å². The molecule has 1 aromatic rings. The minimum absolute atomic E-state index is 0.0820. The quantitative estimate of drug-likeness (QED) is 0.300. The van der Waals surface area contributed by atoms with Crippen LogP contribution in [-0.2, 0) is 4.74 Å². The molecule has 1 aliphatic heterocycles. The molecule has 1 fully saturated rings. The van der Waals surface area contributed by atoms with Gasteiger partial charge in [-0.3, -0.25) is 0 Å². The highest BCUT2D eigenvalue weighted by Gasteiger charge is 2.48. The van der Waals surface area contributed by atoms with E-state index in [1.165, 1.54) is 24.3 Å². The Morgan fingerprint density at radius 1 is 1.18 bits per heavy atom. The van der Waals surface area contributed by atoms with Gasteiger partial charge in [-0.2, -0.15) is 10.1 Å². The van der Waals surface area contributed by atoms with Crippen molar-refractivity contribution in [2.24, 2.45) is 0 Å². The second-order valence-electron chi connectivity index (χ2n) is 4.92. The maximum Gasteiger partial charge on any atom is 0.330 e. The predicted octanol–water partition coefficient (Wildman–Crippen LogP) is -1.58. The van der Waals surface area contributed by atoms with Crippen molar-refractivity contribution in [1.29, 1.82) is 5.26 Å². The standard InChI is InChI=1S/C14H15N3O5/c15-5-7-1-3-8(4-2-7)10(17-16)14-13(21)12(20)11(19)9(6-18)22-14/h1-4,9,11-14,18-21H,6H2/t9-,11-,12+,13-,14?/m1/s1. The number of ether oxygens (including phenoxy) is 1.